The number of aromatic carboxylic acids is 1. The molecule has 1 heterocycles. The second-order valence-electron chi connectivity index (χ2n) is 3.73. The van der Waals surface area contributed by atoms with Crippen molar-refractivity contribution in [2.45, 2.75) is 6.92 Å². The van der Waals surface area contributed by atoms with Crippen molar-refractivity contribution in [3.8, 4) is 0 Å². The van der Waals surface area contributed by atoms with Gasteiger partial charge in [0.05, 0.1) is 12.2 Å². The van der Waals surface area contributed by atoms with Gasteiger partial charge in [0, 0.05) is 11.8 Å². The van der Waals surface area contributed by atoms with Crippen LogP contribution in [0.15, 0.2) is 42.6 Å². The van der Waals surface area contributed by atoms with E-state index in [0.717, 1.165) is 0 Å². The van der Waals surface area contributed by atoms with E-state index in [1.807, 2.05) is 25.3 Å². The van der Waals surface area contributed by atoms with Gasteiger partial charge >= 0.3 is 0 Å². The largest absolute Gasteiger partial charge is 0.545 e. The molecule has 0 saturated carbocycles. The molecule has 1 aromatic carbocycles. The first-order chi connectivity index (χ1) is 8.49. The summed E-state index contributed by atoms with van der Waals surface area (Å²) < 4.78 is 0. The fourth-order valence-electron chi connectivity index (χ4n) is 1.18. The minimum Gasteiger partial charge on any atom is -0.545 e. The summed E-state index contributed by atoms with van der Waals surface area (Å²) in [4.78, 5) is 13.1. The van der Waals surface area contributed by atoms with Gasteiger partial charge in [0.2, 0.25) is 0 Å². The van der Waals surface area contributed by atoms with Gasteiger partial charge in [-0.3, -0.25) is 5.73 Å². The number of carbonyl (C=O) groups is 1. The van der Waals surface area contributed by atoms with E-state index in [0.29, 0.717) is 11.5 Å². The number of H-pyrrole nitrogens is 1. The molecular weight excluding hydrogens is 230 g/mol. The zero-order valence-corrected chi connectivity index (χ0v) is 10.0. The molecule has 5 heteroatoms. The van der Waals surface area contributed by atoms with E-state index < -0.39 is 5.97 Å². The van der Waals surface area contributed by atoms with Gasteiger partial charge in [0.1, 0.15) is 0 Å². The Morgan fingerprint density at radius 2 is 1.94 bits per heavy atom. The first-order valence-corrected chi connectivity index (χ1v) is 5.29. The number of nitrogen functional groups attached to an aromatic ring is 2. The Morgan fingerprint density at radius 3 is 2.33 bits per heavy atom. The Hall–Kier alpha value is -2.56. The average Bonchev–Trinajstić information content (AvgIpc) is 2.34. The SMILES string of the molecule is Cc1ccc(N)[nH+]c1.Nc1cccc(C(=O)[O-])c1. The quantitative estimate of drug-likeness (QED) is 0.691. The third kappa shape index (κ3) is 4.52. The van der Waals surface area contributed by atoms with Crippen LogP contribution in [-0.4, -0.2) is 5.97 Å². The molecule has 5 N–H and O–H groups in total. The van der Waals surface area contributed by atoms with E-state index >= 15 is 0 Å². The lowest BCUT2D eigenvalue weighted by atomic mass is 10.2. The highest BCUT2D eigenvalue weighted by atomic mass is 16.4. The number of pyridine rings is 1. The second-order valence-corrected chi connectivity index (χ2v) is 3.73. The molecule has 5 nitrogen and oxygen atoms in total. The maximum atomic E-state index is 10.2. The maximum absolute atomic E-state index is 10.2. The van der Waals surface area contributed by atoms with Gasteiger partial charge < -0.3 is 15.6 Å². The molecule has 2 rings (SSSR count). The molecule has 18 heavy (non-hydrogen) atoms. The first kappa shape index (κ1) is 13.5. The molecule has 0 aliphatic rings. The number of carboxylic acid groups (broad SMARTS) is 1. The number of anilines is 2. The monoisotopic (exact) mass is 245 g/mol. The van der Waals surface area contributed by atoms with E-state index in [4.69, 9.17) is 11.5 Å². The molecule has 94 valence electrons. The Labute approximate surface area is 105 Å². The highest BCUT2D eigenvalue weighted by molar-refractivity contribution is 5.86. The highest BCUT2D eigenvalue weighted by Crippen LogP contribution is 2.04. The topological polar surface area (TPSA) is 106 Å². The predicted octanol–water partition coefficient (Wildman–Crippen LogP) is 0.0236. The molecule has 0 aliphatic carbocycles. The minimum atomic E-state index is -1.20. The molecule has 0 bridgehead atoms. The molecule has 0 aliphatic heterocycles. The van der Waals surface area contributed by atoms with Crippen LogP contribution in [0, 0.1) is 6.92 Å². The maximum Gasteiger partial charge on any atom is 0.270 e. The van der Waals surface area contributed by atoms with Crippen molar-refractivity contribution in [3.05, 3.63) is 53.7 Å². The van der Waals surface area contributed by atoms with Gasteiger partial charge in [-0.2, -0.15) is 0 Å². The lowest BCUT2D eigenvalue weighted by Gasteiger charge is -2.00. The number of hydrogen-bond donors (Lipinski definition) is 2. The van der Waals surface area contributed by atoms with Crippen LogP contribution in [0.25, 0.3) is 0 Å². The number of nitrogens with two attached hydrogens (primary N) is 2. The van der Waals surface area contributed by atoms with Gasteiger partial charge in [-0.25, -0.2) is 4.98 Å². The Kier molecular flexibility index (Phi) is 4.68. The number of rotatable bonds is 1. The van der Waals surface area contributed by atoms with Gasteiger partial charge in [0.25, 0.3) is 5.82 Å². The van der Waals surface area contributed by atoms with Gasteiger partial charge in [0.15, 0.2) is 0 Å². The zero-order valence-electron chi connectivity index (χ0n) is 10.0. The summed E-state index contributed by atoms with van der Waals surface area (Å²) in [5.74, 6) is -0.497. The minimum absolute atomic E-state index is 0.111. The van der Waals surface area contributed by atoms with Crippen LogP contribution in [-0.2, 0) is 0 Å². The number of nitrogens with one attached hydrogen (secondary N) is 1. The van der Waals surface area contributed by atoms with E-state index in [2.05, 4.69) is 4.98 Å². The number of carbonyl (C=O) groups excluding carboxylic acids is 1. The van der Waals surface area contributed by atoms with Crippen LogP contribution < -0.4 is 21.6 Å². The van der Waals surface area contributed by atoms with Crippen molar-refractivity contribution in [2.75, 3.05) is 11.5 Å². The van der Waals surface area contributed by atoms with E-state index in [1.165, 1.54) is 17.7 Å². The fraction of sp³-hybridized carbons (Fsp3) is 0.0769. The Bertz CT molecular complexity index is 503. The number of carboxylic acids is 1. The normalized spacial score (nSPS) is 9.17. The summed E-state index contributed by atoms with van der Waals surface area (Å²) in [5, 5.41) is 10.2. The number of aryl methyl sites for hydroxylation is 1. The van der Waals surface area contributed by atoms with Crippen molar-refractivity contribution in [1.82, 2.24) is 0 Å². The van der Waals surface area contributed by atoms with Crippen molar-refractivity contribution >= 4 is 17.5 Å². The molecular formula is C13H15N3O2. The molecule has 0 amide bonds. The second kappa shape index (κ2) is 6.24. The van der Waals surface area contributed by atoms with Gasteiger partial charge in [-0.15, -0.1) is 0 Å². The smallest absolute Gasteiger partial charge is 0.270 e. The number of aromatic nitrogens is 1. The highest BCUT2D eigenvalue weighted by Gasteiger charge is 1.91. The Morgan fingerprint density at radius 1 is 1.22 bits per heavy atom. The van der Waals surface area contributed by atoms with Crippen molar-refractivity contribution in [2.24, 2.45) is 0 Å². The summed E-state index contributed by atoms with van der Waals surface area (Å²) in [6.07, 6.45) is 1.87. The summed E-state index contributed by atoms with van der Waals surface area (Å²) in [7, 11) is 0. The van der Waals surface area contributed by atoms with Crippen LogP contribution in [0.2, 0.25) is 0 Å². The number of benzene rings is 1. The van der Waals surface area contributed by atoms with Crippen LogP contribution in [0.4, 0.5) is 11.5 Å². The molecule has 0 spiro atoms. The molecule has 0 fully saturated rings. The summed E-state index contributed by atoms with van der Waals surface area (Å²) in [5.41, 5.74) is 12.4. The molecule has 0 unspecified atom stereocenters. The van der Waals surface area contributed by atoms with Crippen molar-refractivity contribution in [3.63, 3.8) is 0 Å². The third-order valence-corrected chi connectivity index (χ3v) is 2.11. The van der Waals surface area contributed by atoms with Crippen LogP contribution >= 0.6 is 0 Å². The van der Waals surface area contributed by atoms with Crippen LogP contribution in [0.5, 0.6) is 0 Å². The fourth-order valence-corrected chi connectivity index (χ4v) is 1.18. The van der Waals surface area contributed by atoms with Crippen LogP contribution in [0.3, 0.4) is 0 Å². The average molecular weight is 245 g/mol. The van der Waals surface area contributed by atoms with E-state index in [9.17, 15) is 9.90 Å². The summed E-state index contributed by atoms with van der Waals surface area (Å²) >= 11 is 0. The standard InChI is InChI=1S/C7H7NO2.C6H8N2/c8-6-3-1-2-5(4-6)7(9)10;1-5-2-3-6(7)8-4-5/h1-4H,8H2,(H,9,10);2-4H,1H3,(H2,7,8). The summed E-state index contributed by atoms with van der Waals surface area (Å²) in [6.45, 7) is 2.01. The lowest BCUT2D eigenvalue weighted by molar-refractivity contribution is -0.360. The predicted molar refractivity (Wildman–Crippen MR) is 67.3 cm³/mol. The van der Waals surface area contributed by atoms with Gasteiger partial charge in [-0.1, -0.05) is 12.1 Å². The zero-order chi connectivity index (χ0) is 13.5. The van der Waals surface area contributed by atoms with Crippen molar-refractivity contribution < 1.29 is 14.9 Å². The molecule has 0 atom stereocenters. The van der Waals surface area contributed by atoms with Gasteiger partial charge in [-0.05, 0) is 36.2 Å². The lowest BCUT2D eigenvalue weighted by Crippen LogP contribution is -2.22. The molecule has 1 aromatic heterocycles. The van der Waals surface area contributed by atoms with Crippen molar-refractivity contribution in [1.29, 1.82) is 0 Å². The molecule has 0 saturated heterocycles. The Balaban J connectivity index is 0.000000184. The third-order valence-electron chi connectivity index (χ3n) is 2.11. The van der Waals surface area contributed by atoms with E-state index in [1.54, 1.807) is 12.1 Å². The first-order valence-electron chi connectivity index (χ1n) is 5.29. The van der Waals surface area contributed by atoms with Crippen LogP contribution in [0.1, 0.15) is 15.9 Å². The van der Waals surface area contributed by atoms with E-state index in [-0.39, 0.29) is 5.56 Å². The number of aromatic amines is 1. The molecule has 0 radical (unpaired) electrons. The summed E-state index contributed by atoms with van der Waals surface area (Å²) in [6, 6.07) is 9.79. The molecule has 2 aromatic rings. The number of hydrogen-bond acceptors (Lipinski definition) is 4.